The highest BCUT2D eigenvalue weighted by atomic mass is 19.1. The van der Waals surface area contributed by atoms with E-state index in [2.05, 4.69) is 5.32 Å². The summed E-state index contributed by atoms with van der Waals surface area (Å²) in [5.41, 5.74) is 6.64. The second kappa shape index (κ2) is 4.97. The van der Waals surface area contributed by atoms with E-state index >= 15 is 0 Å². The van der Waals surface area contributed by atoms with E-state index < -0.39 is 11.7 Å². The second-order valence-corrected chi connectivity index (χ2v) is 4.19. The van der Waals surface area contributed by atoms with Gasteiger partial charge in [-0.2, -0.15) is 0 Å². The largest absolute Gasteiger partial charge is 0.508 e. The zero-order valence-corrected chi connectivity index (χ0v) is 10.3. The van der Waals surface area contributed by atoms with Crippen LogP contribution in [0.15, 0.2) is 36.4 Å². The highest BCUT2D eigenvalue weighted by molar-refractivity contribution is 6.04. The third kappa shape index (κ3) is 2.82. The molecule has 0 heterocycles. The van der Waals surface area contributed by atoms with Crippen LogP contribution in [0.5, 0.6) is 5.75 Å². The van der Waals surface area contributed by atoms with Crippen LogP contribution in [-0.2, 0) is 0 Å². The predicted octanol–water partition coefficient (Wildman–Crippen LogP) is 2.67. The summed E-state index contributed by atoms with van der Waals surface area (Å²) in [7, 11) is 0. The summed E-state index contributed by atoms with van der Waals surface area (Å²) in [5.74, 6) is -0.986. The molecule has 4 nitrogen and oxygen atoms in total. The molecule has 0 aromatic heterocycles. The van der Waals surface area contributed by atoms with E-state index in [0.717, 1.165) is 6.07 Å². The summed E-state index contributed by atoms with van der Waals surface area (Å²) >= 11 is 0. The van der Waals surface area contributed by atoms with Gasteiger partial charge in [0.15, 0.2) is 0 Å². The normalized spacial score (nSPS) is 10.2. The van der Waals surface area contributed by atoms with Crippen LogP contribution in [0.4, 0.5) is 15.8 Å². The Bertz CT molecular complexity index is 641. The van der Waals surface area contributed by atoms with Crippen molar-refractivity contribution in [1.82, 2.24) is 0 Å². The van der Waals surface area contributed by atoms with Gasteiger partial charge in [0, 0.05) is 11.3 Å². The van der Waals surface area contributed by atoms with Crippen LogP contribution < -0.4 is 11.1 Å². The molecular formula is C14H13FN2O2. The van der Waals surface area contributed by atoms with Crippen molar-refractivity contribution in [3.63, 3.8) is 0 Å². The minimum atomic E-state index is -0.593. The maximum atomic E-state index is 13.2. The Morgan fingerprint density at radius 1 is 1.26 bits per heavy atom. The number of aromatic hydroxyl groups is 1. The molecule has 0 radical (unpaired) electrons. The van der Waals surface area contributed by atoms with Crippen LogP contribution in [0.2, 0.25) is 0 Å². The molecule has 19 heavy (non-hydrogen) atoms. The average molecular weight is 260 g/mol. The van der Waals surface area contributed by atoms with E-state index in [1.54, 1.807) is 19.1 Å². The molecular weight excluding hydrogens is 247 g/mol. The van der Waals surface area contributed by atoms with Gasteiger partial charge in [0.05, 0.1) is 5.69 Å². The van der Waals surface area contributed by atoms with Crippen molar-refractivity contribution in [2.75, 3.05) is 11.1 Å². The van der Waals surface area contributed by atoms with Gasteiger partial charge in [-0.25, -0.2) is 4.39 Å². The minimum Gasteiger partial charge on any atom is -0.508 e. The molecule has 0 aliphatic carbocycles. The van der Waals surface area contributed by atoms with Crippen molar-refractivity contribution < 1.29 is 14.3 Å². The molecule has 0 atom stereocenters. The number of benzene rings is 2. The fourth-order valence-corrected chi connectivity index (χ4v) is 1.56. The zero-order chi connectivity index (χ0) is 14.0. The van der Waals surface area contributed by atoms with Crippen molar-refractivity contribution in [2.45, 2.75) is 6.92 Å². The molecule has 98 valence electrons. The number of carbonyl (C=O) groups is 1. The first-order valence-electron chi connectivity index (χ1n) is 5.63. The first-order chi connectivity index (χ1) is 8.97. The maximum Gasteiger partial charge on any atom is 0.255 e. The second-order valence-electron chi connectivity index (χ2n) is 4.19. The van der Waals surface area contributed by atoms with E-state index in [1.165, 1.54) is 18.2 Å². The lowest BCUT2D eigenvalue weighted by Gasteiger charge is -2.07. The van der Waals surface area contributed by atoms with E-state index in [9.17, 15) is 14.3 Å². The molecule has 0 bridgehead atoms. The van der Waals surface area contributed by atoms with Gasteiger partial charge in [-0.15, -0.1) is 0 Å². The summed E-state index contributed by atoms with van der Waals surface area (Å²) in [5, 5.41) is 12.1. The van der Waals surface area contributed by atoms with Gasteiger partial charge < -0.3 is 16.2 Å². The third-order valence-corrected chi connectivity index (χ3v) is 2.73. The maximum absolute atomic E-state index is 13.2. The quantitative estimate of drug-likeness (QED) is 0.727. The molecule has 4 N–H and O–H groups in total. The van der Waals surface area contributed by atoms with Crippen LogP contribution in [-0.4, -0.2) is 11.0 Å². The predicted molar refractivity (Wildman–Crippen MR) is 71.6 cm³/mol. The molecule has 0 spiro atoms. The van der Waals surface area contributed by atoms with Gasteiger partial charge in [-0.3, -0.25) is 4.79 Å². The number of aryl methyl sites for hydroxylation is 1. The number of hydrogen-bond acceptors (Lipinski definition) is 3. The van der Waals surface area contributed by atoms with E-state index in [-0.39, 0.29) is 11.4 Å². The molecule has 0 saturated carbocycles. The van der Waals surface area contributed by atoms with Crippen molar-refractivity contribution >= 4 is 17.3 Å². The number of phenols is 1. The lowest BCUT2D eigenvalue weighted by atomic mass is 10.1. The van der Waals surface area contributed by atoms with Crippen molar-refractivity contribution in [3.8, 4) is 5.75 Å². The van der Waals surface area contributed by atoms with Crippen LogP contribution in [0.25, 0.3) is 0 Å². The van der Waals surface area contributed by atoms with E-state index in [1.807, 2.05) is 0 Å². The Hall–Kier alpha value is -2.56. The third-order valence-electron chi connectivity index (χ3n) is 2.73. The Morgan fingerprint density at radius 3 is 2.63 bits per heavy atom. The lowest BCUT2D eigenvalue weighted by Crippen LogP contribution is -2.12. The Labute approximate surface area is 109 Å². The summed E-state index contributed by atoms with van der Waals surface area (Å²) in [6.45, 7) is 1.73. The zero-order valence-electron chi connectivity index (χ0n) is 10.3. The minimum absolute atomic E-state index is 0.0194. The molecule has 2 aromatic rings. The number of phenolic OH excluding ortho intramolecular Hbond substituents is 1. The van der Waals surface area contributed by atoms with Crippen molar-refractivity contribution in [2.24, 2.45) is 0 Å². The van der Waals surface area contributed by atoms with Gasteiger partial charge >= 0.3 is 0 Å². The molecule has 0 aliphatic heterocycles. The molecule has 0 aliphatic rings. The standard InChI is InChI=1S/C14H13FN2O2/c1-8-2-3-9(6-13(8)18)14(19)17-10-4-5-12(16)11(15)7-10/h2-7,18H,16H2,1H3,(H,17,19). The number of rotatable bonds is 2. The number of nitrogens with two attached hydrogens (primary N) is 1. The monoisotopic (exact) mass is 260 g/mol. The summed E-state index contributed by atoms with van der Waals surface area (Å²) in [4.78, 5) is 11.9. The Morgan fingerprint density at radius 2 is 2.00 bits per heavy atom. The number of nitrogen functional groups attached to an aromatic ring is 1. The molecule has 0 unspecified atom stereocenters. The summed E-state index contributed by atoms with van der Waals surface area (Å²) in [6.07, 6.45) is 0. The number of anilines is 2. The first kappa shape index (κ1) is 12.9. The Kier molecular flexibility index (Phi) is 3.37. The average Bonchev–Trinajstić information content (AvgIpc) is 2.37. The summed E-state index contributed by atoms with van der Waals surface area (Å²) in [6, 6.07) is 8.59. The lowest BCUT2D eigenvalue weighted by molar-refractivity contribution is 0.102. The van der Waals surface area contributed by atoms with Gasteiger partial charge in [0.25, 0.3) is 5.91 Å². The highest BCUT2D eigenvalue weighted by Crippen LogP contribution is 2.20. The van der Waals surface area contributed by atoms with Gasteiger partial charge in [0.2, 0.25) is 0 Å². The van der Waals surface area contributed by atoms with Crippen LogP contribution in [0.1, 0.15) is 15.9 Å². The summed E-state index contributed by atoms with van der Waals surface area (Å²) < 4.78 is 13.2. The van der Waals surface area contributed by atoms with Crippen LogP contribution >= 0.6 is 0 Å². The SMILES string of the molecule is Cc1ccc(C(=O)Nc2ccc(N)c(F)c2)cc1O. The molecule has 0 fully saturated rings. The topological polar surface area (TPSA) is 75.4 Å². The van der Waals surface area contributed by atoms with Crippen molar-refractivity contribution in [3.05, 3.63) is 53.3 Å². The number of hydrogen-bond donors (Lipinski definition) is 3. The first-order valence-corrected chi connectivity index (χ1v) is 5.63. The van der Waals surface area contributed by atoms with Gasteiger partial charge in [-0.1, -0.05) is 6.07 Å². The van der Waals surface area contributed by atoms with E-state index in [0.29, 0.717) is 16.8 Å². The number of halogens is 1. The molecule has 1 amide bonds. The number of nitrogens with one attached hydrogen (secondary N) is 1. The fourth-order valence-electron chi connectivity index (χ4n) is 1.56. The number of carbonyl (C=O) groups excluding carboxylic acids is 1. The van der Waals surface area contributed by atoms with Gasteiger partial charge in [0.1, 0.15) is 11.6 Å². The van der Waals surface area contributed by atoms with Gasteiger partial charge in [-0.05, 0) is 42.8 Å². The number of amides is 1. The highest BCUT2D eigenvalue weighted by Gasteiger charge is 2.09. The smallest absolute Gasteiger partial charge is 0.255 e. The van der Waals surface area contributed by atoms with Crippen LogP contribution in [0, 0.1) is 12.7 Å². The fraction of sp³-hybridized carbons (Fsp3) is 0.0714. The van der Waals surface area contributed by atoms with Crippen molar-refractivity contribution in [1.29, 1.82) is 0 Å². The molecule has 5 heteroatoms. The van der Waals surface area contributed by atoms with Crippen LogP contribution in [0.3, 0.4) is 0 Å². The van der Waals surface area contributed by atoms with E-state index in [4.69, 9.17) is 5.73 Å². The molecule has 2 rings (SSSR count). The Balaban J connectivity index is 2.20. The molecule has 2 aromatic carbocycles. The molecule has 0 saturated heterocycles.